The molecule has 110 valence electrons. The molecule has 9 heteroatoms. The Bertz CT molecular complexity index is 922. The average Bonchev–Trinajstić information content (AvgIpc) is 2.90. The average molecular weight is 319 g/mol. The van der Waals surface area contributed by atoms with Crippen molar-refractivity contribution in [1.29, 1.82) is 0 Å². The Morgan fingerprint density at radius 1 is 1.05 bits per heavy atom. The van der Waals surface area contributed by atoms with Crippen molar-refractivity contribution >= 4 is 34.0 Å². The van der Waals surface area contributed by atoms with E-state index in [2.05, 4.69) is 9.97 Å². The number of nitrogens with one attached hydrogen (secondary N) is 1. The highest BCUT2D eigenvalue weighted by atomic mass is 35.5. The quantitative estimate of drug-likeness (QED) is 0.584. The van der Waals surface area contributed by atoms with E-state index in [0.29, 0.717) is 22.4 Å². The molecule has 1 N–H and O–H groups in total. The predicted molar refractivity (Wildman–Crippen MR) is 79.8 cm³/mol. The van der Waals surface area contributed by atoms with Crippen LogP contribution in [-0.4, -0.2) is 19.8 Å². The smallest absolute Gasteiger partial charge is 0.288 e. The first-order chi connectivity index (χ1) is 10.5. The molecule has 0 radical (unpaired) electrons. The van der Waals surface area contributed by atoms with Gasteiger partial charge in [-0.3, -0.25) is 20.2 Å². The molecule has 0 aliphatic rings. The van der Waals surface area contributed by atoms with Crippen LogP contribution in [0.1, 0.15) is 0 Å². The number of halogens is 1. The van der Waals surface area contributed by atoms with Gasteiger partial charge in [-0.2, -0.15) is 0 Å². The predicted octanol–water partition coefficient (Wildman–Crippen LogP) is 3.70. The van der Waals surface area contributed by atoms with E-state index in [9.17, 15) is 20.2 Å². The standard InChI is InChI=1S/C13H7ClN4O4/c14-9-3-1-7(5-12(9)18(21)22)13-15-10-4-2-8(17(19)20)6-11(10)16-13/h1-6H,(H,15,16). The highest BCUT2D eigenvalue weighted by molar-refractivity contribution is 6.32. The van der Waals surface area contributed by atoms with Gasteiger partial charge < -0.3 is 4.98 Å². The Morgan fingerprint density at radius 2 is 1.82 bits per heavy atom. The van der Waals surface area contributed by atoms with Gasteiger partial charge in [-0.05, 0) is 18.2 Å². The summed E-state index contributed by atoms with van der Waals surface area (Å²) in [4.78, 5) is 27.8. The minimum absolute atomic E-state index is 0.0282. The largest absolute Gasteiger partial charge is 0.338 e. The van der Waals surface area contributed by atoms with Crippen molar-refractivity contribution in [1.82, 2.24) is 9.97 Å². The zero-order valence-electron chi connectivity index (χ0n) is 10.8. The summed E-state index contributed by atoms with van der Waals surface area (Å²) in [5.74, 6) is 0.371. The van der Waals surface area contributed by atoms with Crippen LogP contribution in [-0.2, 0) is 0 Å². The Labute approximate surface area is 127 Å². The van der Waals surface area contributed by atoms with E-state index in [1.807, 2.05) is 0 Å². The third-order valence-corrected chi connectivity index (χ3v) is 3.41. The number of hydrogen-bond donors (Lipinski definition) is 1. The molecule has 0 atom stereocenters. The van der Waals surface area contributed by atoms with Crippen LogP contribution in [0.2, 0.25) is 5.02 Å². The number of fused-ring (bicyclic) bond motifs is 1. The summed E-state index contributed by atoms with van der Waals surface area (Å²) < 4.78 is 0. The molecule has 0 saturated carbocycles. The summed E-state index contributed by atoms with van der Waals surface area (Å²) in [6.45, 7) is 0. The monoisotopic (exact) mass is 318 g/mol. The molecule has 0 amide bonds. The Hall–Kier alpha value is -3.00. The molecule has 0 unspecified atom stereocenters. The van der Waals surface area contributed by atoms with Crippen LogP contribution >= 0.6 is 11.6 Å². The second kappa shape index (κ2) is 5.08. The second-order valence-electron chi connectivity index (χ2n) is 4.47. The van der Waals surface area contributed by atoms with Crippen LogP contribution in [0.5, 0.6) is 0 Å². The molecule has 3 aromatic rings. The molecule has 3 rings (SSSR count). The van der Waals surface area contributed by atoms with Gasteiger partial charge in [0.15, 0.2) is 0 Å². The van der Waals surface area contributed by atoms with E-state index in [1.54, 1.807) is 6.07 Å². The Morgan fingerprint density at radius 3 is 2.50 bits per heavy atom. The summed E-state index contributed by atoms with van der Waals surface area (Å²) in [5.41, 5.74) is 1.17. The van der Waals surface area contributed by atoms with Crippen molar-refractivity contribution in [3.05, 3.63) is 61.6 Å². The molecule has 0 fully saturated rings. The molecule has 0 aliphatic heterocycles. The van der Waals surface area contributed by atoms with Gasteiger partial charge in [0.05, 0.1) is 20.9 Å². The number of nitro benzene ring substituents is 2. The summed E-state index contributed by atoms with van der Waals surface area (Å²) in [5, 5.41) is 21.7. The van der Waals surface area contributed by atoms with Crippen molar-refractivity contribution in [3.63, 3.8) is 0 Å². The maximum atomic E-state index is 10.9. The van der Waals surface area contributed by atoms with E-state index in [1.165, 1.54) is 30.3 Å². The minimum atomic E-state index is -0.584. The number of benzene rings is 2. The molecule has 8 nitrogen and oxygen atoms in total. The van der Waals surface area contributed by atoms with Crippen molar-refractivity contribution in [3.8, 4) is 11.4 Å². The molecule has 1 aromatic heterocycles. The normalized spacial score (nSPS) is 10.8. The lowest BCUT2D eigenvalue weighted by Gasteiger charge is -1.98. The number of aromatic nitrogens is 2. The summed E-state index contributed by atoms with van der Waals surface area (Å²) >= 11 is 5.77. The number of imidazole rings is 1. The fourth-order valence-electron chi connectivity index (χ4n) is 2.05. The molecule has 0 spiro atoms. The van der Waals surface area contributed by atoms with E-state index in [-0.39, 0.29) is 16.4 Å². The van der Waals surface area contributed by atoms with E-state index in [4.69, 9.17) is 11.6 Å². The highest BCUT2D eigenvalue weighted by Crippen LogP contribution is 2.30. The van der Waals surface area contributed by atoms with Crippen LogP contribution < -0.4 is 0 Å². The molecule has 0 aliphatic carbocycles. The number of hydrogen-bond acceptors (Lipinski definition) is 5. The van der Waals surface area contributed by atoms with Gasteiger partial charge in [-0.25, -0.2) is 4.98 Å². The third-order valence-electron chi connectivity index (χ3n) is 3.09. The molecule has 1 heterocycles. The molecule has 0 bridgehead atoms. The number of non-ortho nitro benzene ring substituents is 1. The van der Waals surface area contributed by atoms with Crippen molar-refractivity contribution in [2.45, 2.75) is 0 Å². The third kappa shape index (κ3) is 2.35. The van der Waals surface area contributed by atoms with Crippen molar-refractivity contribution in [2.24, 2.45) is 0 Å². The van der Waals surface area contributed by atoms with Gasteiger partial charge in [-0.15, -0.1) is 0 Å². The van der Waals surface area contributed by atoms with Crippen molar-refractivity contribution in [2.75, 3.05) is 0 Å². The lowest BCUT2D eigenvalue weighted by Crippen LogP contribution is -1.90. The van der Waals surface area contributed by atoms with Crippen LogP contribution in [0, 0.1) is 20.2 Å². The highest BCUT2D eigenvalue weighted by Gasteiger charge is 2.16. The summed E-state index contributed by atoms with van der Waals surface area (Å²) in [7, 11) is 0. The van der Waals surface area contributed by atoms with Crippen LogP contribution in [0.4, 0.5) is 11.4 Å². The molecule has 0 saturated heterocycles. The van der Waals surface area contributed by atoms with Gasteiger partial charge in [0.25, 0.3) is 11.4 Å². The maximum Gasteiger partial charge on any atom is 0.288 e. The summed E-state index contributed by atoms with van der Waals surface area (Å²) in [6.07, 6.45) is 0. The number of nitro groups is 2. The number of H-pyrrole nitrogens is 1. The lowest BCUT2D eigenvalue weighted by molar-refractivity contribution is -0.384. The first kappa shape index (κ1) is 14.0. The van der Waals surface area contributed by atoms with Gasteiger partial charge in [-0.1, -0.05) is 11.6 Å². The van der Waals surface area contributed by atoms with Crippen LogP contribution in [0.15, 0.2) is 36.4 Å². The SMILES string of the molecule is O=[N+]([O-])c1ccc2nc(-c3ccc(Cl)c([N+](=O)[O-])c3)[nH]c2c1. The van der Waals surface area contributed by atoms with E-state index in [0.717, 1.165) is 0 Å². The summed E-state index contributed by atoms with van der Waals surface area (Å²) in [6, 6.07) is 8.51. The number of aromatic amines is 1. The van der Waals surface area contributed by atoms with Gasteiger partial charge >= 0.3 is 0 Å². The topological polar surface area (TPSA) is 115 Å². The number of rotatable bonds is 3. The van der Waals surface area contributed by atoms with Gasteiger partial charge in [0.1, 0.15) is 10.8 Å². The van der Waals surface area contributed by atoms with Gasteiger partial charge in [0.2, 0.25) is 0 Å². The van der Waals surface area contributed by atoms with Crippen LogP contribution in [0.3, 0.4) is 0 Å². The zero-order chi connectivity index (χ0) is 15.9. The van der Waals surface area contributed by atoms with E-state index < -0.39 is 9.85 Å². The molecule has 2 aromatic carbocycles. The van der Waals surface area contributed by atoms with Crippen molar-refractivity contribution < 1.29 is 9.85 Å². The second-order valence-corrected chi connectivity index (χ2v) is 4.87. The Balaban J connectivity index is 2.12. The molecule has 22 heavy (non-hydrogen) atoms. The first-order valence-corrected chi connectivity index (χ1v) is 6.42. The van der Waals surface area contributed by atoms with E-state index >= 15 is 0 Å². The zero-order valence-corrected chi connectivity index (χ0v) is 11.6. The fourth-order valence-corrected chi connectivity index (χ4v) is 2.23. The van der Waals surface area contributed by atoms with Gasteiger partial charge in [0, 0.05) is 23.8 Å². The first-order valence-electron chi connectivity index (χ1n) is 6.04. The fraction of sp³-hybridized carbons (Fsp3) is 0. The molecular weight excluding hydrogens is 312 g/mol. The van der Waals surface area contributed by atoms with Crippen LogP contribution in [0.25, 0.3) is 22.4 Å². The number of nitrogens with zero attached hydrogens (tertiary/aromatic N) is 3. The maximum absolute atomic E-state index is 10.9. The molecular formula is C13H7ClN4O4. The Kier molecular flexibility index (Phi) is 3.22. The lowest BCUT2D eigenvalue weighted by atomic mass is 10.2. The minimum Gasteiger partial charge on any atom is -0.338 e.